The summed E-state index contributed by atoms with van der Waals surface area (Å²) in [5, 5.41) is 14.8. The van der Waals surface area contributed by atoms with E-state index < -0.39 is 4.92 Å². The van der Waals surface area contributed by atoms with Gasteiger partial charge in [0, 0.05) is 17.8 Å². The molecule has 0 bridgehead atoms. The number of rotatable bonds is 5. The summed E-state index contributed by atoms with van der Waals surface area (Å²) in [5.74, 6) is 0.701. The van der Waals surface area contributed by atoms with Crippen molar-refractivity contribution in [3.63, 3.8) is 0 Å². The van der Waals surface area contributed by atoms with E-state index in [2.05, 4.69) is 15.3 Å². The van der Waals surface area contributed by atoms with Crippen LogP contribution in [0, 0.1) is 10.1 Å². The number of aromatic nitrogens is 2. The van der Waals surface area contributed by atoms with Crippen LogP contribution in [0.1, 0.15) is 5.56 Å². The second-order valence-corrected chi connectivity index (χ2v) is 5.13. The van der Waals surface area contributed by atoms with Crippen LogP contribution in [0.4, 0.5) is 11.5 Å². The third kappa shape index (κ3) is 3.17. The second kappa shape index (κ2) is 6.53. The highest BCUT2D eigenvalue weighted by atomic mass is 35.5. The molecule has 0 saturated carbocycles. The fourth-order valence-corrected chi connectivity index (χ4v) is 2.83. The fourth-order valence-electron chi connectivity index (χ4n) is 1.58. The largest absolute Gasteiger partial charge is 0.367 e. The maximum atomic E-state index is 11.1. The molecule has 20 heavy (non-hydrogen) atoms. The first kappa shape index (κ1) is 14.5. The Kier molecular flexibility index (Phi) is 4.75. The highest BCUT2D eigenvalue weighted by molar-refractivity contribution is 7.98. The molecule has 6 nitrogen and oxygen atoms in total. The first-order chi connectivity index (χ1) is 9.63. The van der Waals surface area contributed by atoms with Gasteiger partial charge in [0.2, 0.25) is 5.82 Å². The Labute approximate surface area is 124 Å². The van der Waals surface area contributed by atoms with Crippen LogP contribution in [0.5, 0.6) is 0 Å². The smallest absolute Gasteiger partial charge is 0.343 e. The number of nitrogens with zero attached hydrogens (tertiary/aromatic N) is 3. The Morgan fingerprint density at radius 3 is 2.80 bits per heavy atom. The predicted molar refractivity (Wildman–Crippen MR) is 79.2 cm³/mol. The van der Waals surface area contributed by atoms with E-state index in [1.165, 1.54) is 18.1 Å². The van der Waals surface area contributed by atoms with Crippen molar-refractivity contribution >= 4 is 34.9 Å². The van der Waals surface area contributed by atoms with Gasteiger partial charge in [-0.2, -0.15) is 0 Å². The number of hydrogen-bond acceptors (Lipinski definition) is 6. The number of hydrogen-bond donors (Lipinski definition) is 1. The van der Waals surface area contributed by atoms with Crippen molar-refractivity contribution in [1.29, 1.82) is 0 Å². The van der Waals surface area contributed by atoms with Gasteiger partial charge in [-0.3, -0.25) is 10.1 Å². The SMILES string of the molecule is CNc1ncnc(SCc2ccccc2Cl)c1[N+](=O)[O-]. The molecule has 0 amide bonds. The average molecular weight is 311 g/mol. The second-order valence-electron chi connectivity index (χ2n) is 3.76. The number of anilines is 1. The van der Waals surface area contributed by atoms with Gasteiger partial charge in [-0.25, -0.2) is 9.97 Å². The van der Waals surface area contributed by atoms with Gasteiger partial charge in [-0.05, 0) is 11.6 Å². The van der Waals surface area contributed by atoms with E-state index in [4.69, 9.17) is 11.6 Å². The van der Waals surface area contributed by atoms with Crippen molar-refractivity contribution in [2.24, 2.45) is 0 Å². The molecule has 8 heteroatoms. The minimum atomic E-state index is -0.485. The highest BCUT2D eigenvalue weighted by Gasteiger charge is 2.22. The Balaban J connectivity index is 2.26. The van der Waals surface area contributed by atoms with Crippen LogP contribution in [0.2, 0.25) is 5.02 Å². The molecule has 1 N–H and O–H groups in total. The van der Waals surface area contributed by atoms with E-state index >= 15 is 0 Å². The van der Waals surface area contributed by atoms with Crippen LogP contribution in [-0.2, 0) is 5.75 Å². The minimum absolute atomic E-state index is 0.118. The molecular formula is C12H11ClN4O2S. The van der Waals surface area contributed by atoms with Gasteiger partial charge in [0.05, 0.1) is 4.92 Å². The van der Waals surface area contributed by atoms with E-state index in [9.17, 15) is 10.1 Å². The van der Waals surface area contributed by atoms with Crippen molar-refractivity contribution in [2.45, 2.75) is 10.8 Å². The first-order valence-corrected chi connectivity index (χ1v) is 7.03. The van der Waals surface area contributed by atoms with Gasteiger partial charge in [0.1, 0.15) is 6.33 Å². The van der Waals surface area contributed by atoms with Crippen molar-refractivity contribution in [1.82, 2.24) is 9.97 Å². The Bertz CT molecular complexity index is 639. The first-order valence-electron chi connectivity index (χ1n) is 5.67. The molecular weight excluding hydrogens is 300 g/mol. The Hall–Kier alpha value is -1.86. The predicted octanol–water partition coefficient (Wildman–Crippen LogP) is 3.37. The summed E-state index contributed by atoms with van der Waals surface area (Å²) in [4.78, 5) is 18.5. The summed E-state index contributed by atoms with van der Waals surface area (Å²) >= 11 is 7.31. The highest BCUT2D eigenvalue weighted by Crippen LogP contribution is 2.34. The average Bonchev–Trinajstić information content (AvgIpc) is 2.45. The molecule has 1 aromatic carbocycles. The zero-order valence-corrected chi connectivity index (χ0v) is 12.1. The van der Waals surface area contributed by atoms with Crippen LogP contribution < -0.4 is 5.32 Å². The summed E-state index contributed by atoms with van der Waals surface area (Å²) in [5.41, 5.74) is 0.783. The van der Waals surface area contributed by atoms with Crippen LogP contribution in [0.25, 0.3) is 0 Å². The number of nitrogens with one attached hydrogen (secondary N) is 1. The number of nitro groups is 1. The minimum Gasteiger partial charge on any atom is -0.367 e. The molecule has 104 valence electrons. The molecule has 0 aliphatic rings. The summed E-state index contributed by atoms with van der Waals surface area (Å²) in [6.07, 6.45) is 1.30. The van der Waals surface area contributed by atoms with Gasteiger partial charge in [-0.15, -0.1) is 0 Å². The van der Waals surface area contributed by atoms with Gasteiger partial charge in [-0.1, -0.05) is 41.6 Å². The fraction of sp³-hybridized carbons (Fsp3) is 0.167. The molecule has 0 atom stereocenters. The van der Waals surface area contributed by atoms with E-state index in [0.29, 0.717) is 15.8 Å². The lowest BCUT2D eigenvalue weighted by Crippen LogP contribution is -2.02. The van der Waals surface area contributed by atoms with E-state index in [0.717, 1.165) is 5.56 Å². The van der Waals surface area contributed by atoms with Gasteiger partial charge in [0.15, 0.2) is 5.03 Å². The zero-order valence-electron chi connectivity index (χ0n) is 10.5. The van der Waals surface area contributed by atoms with Crippen molar-refractivity contribution in [3.8, 4) is 0 Å². The summed E-state index contributed by atoms with van der Waals surface area (Å²) in [6.45, 7) is 0. The zero-order chi connectivity index (χ0) is 14.5. The summed E-state index contributed by atoms with van der Waals surface area (Å²) < 4.78 is 0. The van der Waals surface area contributed by atoms with Crippen LogP contribution in [0.15, 0.2) is 35.6 Å². The lowest BCUT2D eigenvalue weighted by molar-refractivity contribution is -0.387. The third-order valence-corrected chi connectivity index (χ3v) is 3.93. The van der Waals surface area contributed by atoms with Crippen LogP contribution in [-0.4, -0.2) is 21.9 Å². The molecule has 0 aliphatic heterocycles. The van der Waals surface area contributed by atoms with Gasteiger partial charge in [0.25, 0.3) is 0 Å². The normalized spacial score (nSPS) is 10.3. The molecule has 2 rings (SSSR count). The van der Waals surface area contributed by atoms with Crippen molar-refractivity contribution in [2.75, 3.05) is 12.4 Å². The quantitative estimate of drug-likeness (QED) is 0.394. The molecule has 2 aromatic rings. The summed E-state index contributed by atoms with van der Waals surface area (Å²) in [6, 6.07) is 7.37. The van der Waals surface area contributed by atoms with Crippen LogP contribution in [0.3, 0.4) is 0 Å². The molecule has 1 aromatic heterocycles. The number of thioether (sulfide) groups is 1. The molecule has 0 aliphatic carbocycles. The van der Waals surface area contributed by atoms with E-state index in [1.807, 2.05) is 18.2 Å². The monoisotopic (exact) mass is 310 g/mol. The van der Waals surface area contributed by atoms with Gasteiger partial charge < -0.3 is 5.32 Å². The standard InChI is InChI=1S/C12H11ClN4O2S/c1-14-11-10(17(18)19)12(16-7-15-11)20-6-8-4-2-3-5-9(8)13/h2-5,7H,6H2,1H3,(H,14,15,16). The van der Waals surface area contributed by atoms with Crippen molar-refractivity contribution < 1.29 is 4.92 Å². The molecule has 1 heterocycles. The van der Waals surface area contributed by atoms with E-state index in [1.54, 1.807) is 13.1 Å². The lowest BCUT2D eigenvalue weighted by atomic mass is 10.2. The molecule has 0 spiro atoms. The number of benzene rings is 1. The Morgan fingerprint density at radius 1 is 1.40 bits per heavy atom. The Morgan fingerprint density at radius 2 is 2.15 bits per heavy atom. The third-order valence-electron chi connectivity index (χ3n) is 2.53. The maximum absolute atomic E-state index is 11.1. The van der Waals surface area contributed by atoms with Crippen molar-refractivity contribution in [3.05, 3.63) is 51.3 Å². The van der Waals surface area contributed by atoms with E-state index in [-0.39, 0.29) is 11.5 Å². The summed E-state index contributed by atoms with van der Waals surface area (Å²) in [7, 11) is 1.58. The maximum Gasteiger partial charge on any atom is 0.343 e. The molecule has 0 fully saturated rings. The molecule has 0 unspecified atom stereocenters. The van der Waals surface area contributed by atoms with Gasteiger partial charge >= 0.3 is 5.69 Å². The molecule has 0 radical (unpaired) electrons. The topological polar surface area (TPSA) is 81.0 Å². The van der Waals surface area contributed by atoms with Crippen LogP contribution >= 0.6 is 23.4 Å². The molecule has 0 saturated heterocycles. The number of halogens is 1. The lowest BCUT2D eigenvalue weighted by Gasteiger charge is -2.06.